The van der Waals surface area contributed by atoms with Gasteiger partial charge in [-0.15, -0.1) is 0 Å². The van der Waals surface area contributed by atoms with Crippen LogP contribution in [-0.2, 0) is 12.8 Å². The van der Waals surface area contributed by atoms with E-state index >= 15 is 0 Å². The summed E-state index contributed by atoms with van der Waals surface area (Å²) in [7, 11) is 0. The van der Waals surface area contributed by atoms with Crippen molar-refractivity contribution < 1.29 is 4.79 Å². The van der Waals surface area contributed by atoms with Crippen LogP contribution >= 0.6 is 0 Å². The predicted molar refractivity (Wildman–Crippen MR) is 120 cm³/mol. The Morgan fingerprint density at radius 3 is 2.52 bits per heavy atom. The van der Waals surface area contributed by atoms with E-state index in [0.717, 1.165) is 62.3 Å². The zero-order chi connectivity index (χ0) is 21.4. The van der Waals surface area contributed by atoms with Crippen molar-refractivity contribution >= 4 is 11.5 Å². The summed E-state index contributed by atoms with van der Waals surface area (Å²) in [6, 6.07) is 13.9. The number of nitrogens with one attached hydrogen (secondary N) is 1. The van der Waals surface area contributed by atoms with Crippen LogP contribution in [0.3, 0.4) is 0 Å². The molecule has 1 aliphatic heterocycles. The predicted octanol–water partition coefficient (Wildman–Crippen LogP) is 2.44. The maximum Gasteiger partial charge on any atom is 0.276 e. The van der Waals surface area contributed by atoms with Crippen molar-refractivity contribution in [3.8, 4) is 5.82 Å². The van der Waals surface area contributed by atoms with Crippen LogP contribution in [0.4, 0.5) is 5.69 Å². The molecule has 5 rings (SSSR count). The van der Waals surface area contributed by atoms with Gasteiger partial charge in [0.1, 0.15) is 0 Å². The van der Waals surface area contributed by atoms with E-state index in [-0.39, 0.29) is 11.3 Å². The number of aryl methyl sites for hydroxylation is 1. The maximum atomic E-state index is 13.0. The minimum atomic E-state index is 0.0302. The summed E-state index contributed by atoms with van der Waals surface area (Å²) in [6.45, 7) is 5.46. The highest BCUT2D eigenvalue weighted by Crippen LogP contribution is 2.24. The molecule has 31 heavy (non-hydrogen) atoms. The number of pyridine rings is 1. The molecule has 3 aromatic rings. The first-order chi connectivity index (χ1) is 15.1. The second kappa shape index (κ2) is 8.15. The molecule has 1 fully saturated rings. The third kappa shape index (κ3) is 3.81. The number of benzene rings is 1. The zero-order valence-electron chi connectivity index (χ0n) is 17.8. The van der Waals surface area contributed by atoms with Crippen LogP contribution in [0.5, 0.6) is 0 Å². The van der Waals surface area contributed by atoms with Crippen molar-refractivity contribution in [2.24, 2.45) is 0 Å². The molecule has 1 unspecified atom stereocenters. The van der Waals surface area contributed by atoms with Crippen molar-refractivity contribution in [1.29, 1.82) is 0 Å². The first-order valence-electron chi connectivity index (χ1n) is 10.9. The highest BCUT2D eigenvalue weighted by molar-refractivity contribution is 5.94. The van der Waals surface area contributed by atoms with Crippen molar-refractivity contribution in [1.82, 2.24) is 19.7 Å². The van der Waals surface area contributed by atoms with Gasteiger partial charge in [-0.3, -0.25) is 19.6 Å². The quantitative estimate of drug-likeness (QED) is 0.660. The number of H-pyrrole nitrogens is 1. The number of piperazine rings is 1. The number of hydrogen-bond acceptors (Lipinski definition) is 5. The molecule has 1 N–H and O–H groups in total. The molecule has 7 heteroatoms. The fourth-order valence-electron chi connectivity index (χ4n) is 4.79. The fourth-order valence-corrected chi connectivity index (χ4v) is 4.79. The van der Waals surface area contributed by atoms with Gasteiger partial charge in [-0.25, -0.2) is 9.67 Å². The molecule has 7 nitrogen and oxygen atoms in total. The Labute approximate surface area is 181 Å². The van der Waals surface area contributed by atoms with Crippen LogP contribution in [-0.4, -0.2) is 57.7 Å². The second-order valence-corrected chi connectivity index (χ2v) is 8.42. The van der Waals surface area contributed by atoms with E-state index < -0.39 is 0 Å². The Hall–Kier alpha value is -3.19. The van der Waals surface area contributed by atoms with Gasteiger partial charge in [-0.1, -0.05) is 6.07 Å². The monoisotopic (exact) mass is 417 g/mol. The topological polar surface area (TPSA) is 74.2 Å². The number of nitrogens with zero attached hydrogens (tertiary/aromatic N) is 4. The normalized spacial score (nSPS) is 19.3. The van der Waals surface area contributed by atoms with Crippen molar-refractivity contribution in [3.63, 3.8) is 0 Å². The van der Waals surface area contributed by atoms with Gasteiger partial charge in [0.15, 0.2) is 11.6 Å². The lowest BCUT2D eigenvalue weighted by atomic mass is 9.92. The lowest BCUT2D eigenvalue weighted by Gasteiger charge is -2.41. The van der Waals surface area contributed by atoms with E-state index in [9.17, 15) is 9.59 Å². The Balaban J connectivity index is 1.25. The fraction of sp³-hybridized carbons (Fsp3) is 0.375. The maximum absolute atomic E-state index is 13.0. The average molecular weight is 418 g/mol. The summed E-state index contributed by atoms with van der Waals surface area (Å²) in [6.07, 6.45) is 4.44. The number of anilines is 1. The molecule has 1 aromatic carbocycles. The SMILES string of the molecule is CC(=O)c1ccc(N2CCN(C3CCc4[nH]n(-c5ccccn5)c(=O)c4C3)CC2)cc1. The summed E-state index contributed by atoms with van der Waals surface area (Å²) in [5.74, 6) is 0.739. The molecular weight excluding hydrogens is 390 g/mol. The molecule has 0 amide bonds. The number of carbonyl (C=O) groups excluding carboxylic acids is 1. The molecule has 3 heterocycles. The van der Waals surface area contributed by atoms with Crippen LogP contribution in [0.2, 0.25) is 0 Å². The Morgan fingerprint density at radius 2 is 1.84 bits per heavy atom. The summed E-state index contributed by atoms with van der Waals surface area (Å²) >= 11 is 0. The molecular formula is C24H27N5O2. The smallest absolute Gasteiger partial charge is 0.276 e. The lowest BCUT2D eigenvalue weighted by molar-refractivity contribution is 0.101. The first-order valence-corrected chi connectivity index (χ1v) is 10.9. The summed E-state index contributed by atoms with van der Waals surface area (Å²) in [4.78, 5) is 33.7. The molecule has 1 aliphatic carbocycles. The van der Waals surface area contributed by atoms with Gasteiger partial charge >= 0.3 is 0 Å². The number of carbonyl (C=O) groups is 1. The number of aromatic nitrogens is 3. The van der Waals surface area contributed by atoms with E-state index in [2.05, 4.69) is 19.9 Å². The molecule has 1 atom stereocenters. The highest BCUT2D eigenvalue weighted by atomic mass is 16.1. The van der Waals surface area contributed by atoms with E-state index in [1.165, 1.54) is 5.69 Å². The van der Waals surface area contributed by atoms with Gasteiger partial charge in [0.25, 0.3) is 5.56 Å². The Kier molecular flexibility index (Phi) is 5.19. The first kappa shape index (κ1) is 19.8. The largest absolute Gasteiger partial charge is 0.369 e. The van der Waals surface area contributed by atoms with Crippen LogP contribution in [0.15, 0.2) is 53.5 Å². The van der Waals surface area contributed by atoms with Crippen LogP contribution in [0.25, 0.3) is 5.82 Å². The minimum Gasteiger partial charge on any atom is -0.369 e. The number of ketones is 1. The van der Waals surface area contributed by atoms with Gasteiger partial charge < -0.3 is 4.90 Å². The van der Waals surface area contributed by atoms with Crippen LogP contribution in [0, 0.1) is 0 Å². The van der Waals surface area contributed by atoms with Gasteiger partial charge in [-0.2, -0.15) is 0 Å². The third-order valence-corrected chi connectivity index (χ3v) is 6.59. The van der Waals surface area contributed by atoms with Crippen LogP contribution < -0.4 is 10.5 Å². The average Bonchev–Trinajstić information content (AvgIpc) is 3.15. The molecule has 2 aliphatic rings. The van der Waals surface area contributed by atoms with Gasteiger partial charge in [0, 0.05) is 60.9 Å². The van der Waals surface area contributed by atoms with E-state index in [4.69, 9.17) is 0 Å². The van der Waals surface area contributed by atoms with Crippen molar-refractivity contribution in [2.75, 3.05) is 31.1 Å². The minimum absolute atomic E-state index is 0.0302. The standard InChI is InChI=1S/C24H27N5O2/c1-17(30)18-5-7-19(8-6-18)27-12-14-28(15-13-27)20-9-10-22-21(16-20)24(31)29(26-22)23-4-2-3-11-25-23/h2-8,11,20,26H,9-10,12-16H2,1H3. The van der Waals surface area contributed by atoms with E-state index in [0.29, 0.717) is 11.9 Å². The zero-order valence-corrected chi connectivity index (χ0v) is 17.8. The number of fused-ring (bicyclic) bond motifs is 1. The highest BCUT2D eigenvalue weighted by Gasteiger charge is 2.30. The Morgan fingerprint density at radius 1 is 1.06 bits per heavy atom. The lowest BCUT2D eigenvalue weighted by Crippen LogP contribution is -2.52. The van der Waals surface area contributed by atoms with Gasteiger partial charge in [0.2, 0.25) is 0 Å². The van der Waals surface area contributed by atoms with Crippen molar-refractivity contribution in [3.05, 3.63) is 75.8 Å². The second-order valence-electron chi connectivity index (χ2n) is 8.42. The van der Waals surface area contributed by atoms with E-state index in [1.54, 1.807) is 17.8 Å². The molecule has 0 saturated carbocycles. The van der Waals surface area contributed by atoms with Crippen molar-refractivity contribution in [2.45, 2.75) is 32.2 Å². The number of hydrogen-bond donors (Lipinski definition) is 1. The Bertz CT molecular complexity index is 1130. The third-order valence-electron chi connectivity index (χ3n) is 6.59. The summed E-state index contributed by atoms with van der Waals surface area (Å²) < 4.78 is 1.58. The molecule has 0 spiro atoms. The summed E-state index contributed by atoms with van der Waals surface area (Å²) in [5, 5.41) is 3.27. The molecule has 0 radical (unpaired) electrons. The van der Waals surface area contributed by atoms with E-state index in [1.807, 2.05) is 42.5 Å². The molecule has 1 saturated heterocycles. The molecule has 160 valence electrons. The molecule has 0 bridgehead atoms. The molecule has 2 aromatic heterocycles. The number of aromatic amines is 1. The van der Waals surface area contributed by atoms with Gasteiger partial charge in [0.05, 0.1) is 0 Å². The van der Waals surface area contributed by atoms with Crippen LogP contribution in [0.1, 0.15) is 35.0 Å². The number of Topliss-reactive ketones (excluding diaryl/α,β-unsaturated/α-hetero) is 1. The van der Waals surface area contributed by atoms with Gasteiger partial charge in [-0.05, 0) is 62.6 Å². The number of rotatable bonds is 4. The summed E-state index contributed by atoms with van der Waals surface area (Å²) in [5.41, 5.74) is 3.91.